The van der Waals surface area contributed by atoms with Crippen molar-refractivity contribution in [1.29, 1.82) is 0 Å². The van der Waals surface area contributed by atoms with Crippen LogP contribution in [0.1, 0.15) is 11.1 Å². The van der Waals surface area contributed by atoms with E-state index < -0.39 is 0 Å². The van der Waals surface area contributed by atoms with Crippen molar-refractivity contribution in [2.24, 2.45) is 0 Å². The van der Waals surface area contributed by atoms with Gasteiger partial charge in [-0.15, -0.1) is 12.4 Å². The highest BCUT2D eigenvalue weighted by molar-refractivity contribution is 5.85. The maximum absolute atomic E-state index is 12.4. The van der Waals surface area contributed by atoms with Crippen LogP contribution >= 0.6 is 12.4 Å². The zero-order valence-electron chi connectivity index (χ0n) is 15.0. The number of benzene rings is 1. The van der Waals surface area contributed by atoms with Crippen molar-refractivity contribution in [3.63, 3.8) is 0 Å². The van der Waals surface area contributed by atoms with Gasteiger partial charge in [-0.25, -0.2) is 0 Å². The molecule has 0 bridgehead atoms. The summed E-state index contributed by atoms with van der Waals surface area (Å²) in [7, 11) is 1.64. The van der Waals surface area contributed by atoms with E-state index in [1.165, 1.54) is 5.56 Å². The molecule has 1 heterocycles. The third-order valence-corrected chi connectivity index (χ3v) is 4.22. The lowest BCUT2D eigenvalue weighted by Crippen LogP contribution is -2.52. The number of ether oxygens (including phenoxy) is 1. The van der Waals surface area contributed by atoms with Crippen molar-refractivity contribution in [2.75, 3.05) is 53.0 Å². The highest BCUT2D eigenvalue weighted by Gasteiger charge is 2.23. The summed E-state index contributed by atoms with van der Waals surface area (Å²) in [6, 6.07) is 8.04. The summed E-state index contributed by atoms with van der Waals surface area (Å²) in [5.41, 5.74) is 2.23. The molecule has 25 heavy (non-hydrogen) atoms. The van der Waals surface area contributed by atoms with E-state index in [2.05, 4.69) is 5.32 Å². The third kappa shape index (κ3) is 7.02. The number of nitrogens with zero attached hydrogens (tertiary/aromatic N) is 2. The summed E-state index contributed by atoms with van der Waals surface area (Å²) >= 11 is 0. The molecule has 2 amide bonds. The van der Waals surface area contributed by atoms with E-state index in [1.54, 1.807) is 7.11 Å². The molecule has 6 nitrogen and oxygen atoms in total. The second kappa shape index (κ2) is 11.1. The lowest BCUT2D eigenvalue weighted by molar-refractivity contribution is -0.138. The van der Waals surface area contributed by atoms with Gasteiger partial charge in [0.1, 0.15) is 0 Å². The van der Waals surface area contributed by atoms with Crippen LogP contribution in [-0.2, 0) is 20.7 Å². The molecule has 0 aromatic heterocycles. The highest BCUT2D eigenvalue weighted by Crippen LogP contribution is 2.08. The number of aryl methyl sites for hydroxylation is 1. The van der Waals surface area contributed by atoms with Gasteiger partial charge in [0, 0.05) is 39.8 Å². The Labute approximate surface area is 155 Å². The molecule has 0 atom stereocenters. The average Bonchev–Trinajstić information content (AvgIpc) is 2.60. The molecule has 1 aliphatic rings. The first-order chi connectivity index (χ1) is 11.6. The number of piperazine rings is 1. The first kappa shape index (κ1) is 21.4. The molecule has 0 radical (unpaired) electrons. The zero-order valence-corrected chi connectivity index (χ0v) is 15.8. The topological polar surface area (TPSA) is 61.9 Å². The predicted molar refractivity (Wildman–Crippen MR) is 100 cm³/mol. The van der Waals surface area contributed by atoms with E-state index in [9.17, 15) is 9.59 Å². The number of carbonyl (C=O) groups excluding carboxylic acids is 2. The van der Waals surface area contributed by atoms with Crippen LogP contribution in [0.25, 0.3) is 0 Å². The summed E-state index contributed by atoms with van der Waals surface area (Å²) < 4.78 is 4.93. The summed E-state index contributed by atoms with van der Waals surface area (Å²) in [5.74, 6) is 0.209. The second-order valence-electron chi connectivity index (χ2n) is 6.09. The number of hydrogen-bond donors (Lipinski definition) is 1. The molecule has 1 fully saturated rings. The predicted octanol–water partition coefficient (Wildman–Crippen LogP) is 0.866. The zero-order chi connectivity index (χ0) is 17.4. The van der Waals surface area contributed by atoms with E-state index in [-0.39, 0.29) is 24.2 Å². The normalized spacial score (nSPS) is 14.2. The van der Waals surface area contributed by atoms with Crippen LogP contribution in [0.15, 0.2) is 24.3 Å². The lowest BCUT2D eigenvalue weighted by Gasteiger charge is -2.35. The number of halogens is 1. The van der Waals surface area contributed by atoms with E-state index >= 15 is 0 Å². The van der Waals surface area contributed by atoms with Gasteiger partial charge in [0.15, 0.2) is 0 Å². The molecule has 2 rings (SSSR count). The minimum absolute atomic E-state index is 0. The van der Waals surface area contributed by atoms with Crippen LogP contribution in [0.5, 0.6) is 0 Å². The Bertz CT molecular complexity index is 543. The van der Waals surface area contributed by atoms with Crippen molar-refractivity contribution >= 4 is 24.2 Å². The molecule has 7 heteroatoms. The van der Waals surface area contributed by atoms with Crippen molar-refractivity contribution in [3.8, 4) is 0 Å². The molecule has 1 saturated heterocycles. The summed E-state index contributed by atoms with van der Waals surface area (Å²) in [5, 5.41) is 3.06. The number of hydrogen-bond acceptors (Lipinski definition) is 4. The molecule has 1 aromatic carbocycles. The lowest BCUT2D eigenvalue weighted by atomic mass is 10.1. The number of rotatable bonds is 7. The highest BCUT2D eigenvalue weighted by atomic mass is 35.5. The van der Waals surface area contributed by atoms with Crippen LogP contribution in [-0.4, -0.2) is 74.6 Å². The minimum Gasteiger partial charge on any atom is -0.383 e. The minimum atomic E-state index is 0. The van der Waals surface area contributed by atoms with Gasteiger partial charge in [0.2, 0.25) is 11.8 Å². The SMILES string of the molecule is COCCNCC(=O)N1CCN(C(=O)Cc2ccc(C)cc2)CC1.Cl. The van der Waals surface area contributed by atoms with Crippen LogP contribution in [0.2, 0.25) is 0 Å². The smallest absolute Gasteiger partial charge is 0.236 e. The number of nitrogens with one attached hydrogen (secondary N) is 1. The van der Waals surface area contributed by atoms with Gasteiger partial charge < -0.3 is 19.9 Å². The molecule has 1 aromatic rings. The number of amides is 2. The Morgan fingerprint density at radius 1 is 1.04 bits per heavy atom. The second-order valence-corrected chi connectivity index (χ2v) is 6.09. The molecule has 1 aliphatic heterocycles. The van der Waals surface area contributed by atoms with Crippen LogP contribution < -0.4 is 5.32 Å². The van der Waals surface area contributed by atoms with E-state index in [1.807, 2.05) is 41.0 Å². The Hall–Kier alpha value is -1.63. The average molecular weight is 370 g/mol. The summed E-state index contributed by atoms with van der Waals surface area (Å²) in [6.07, 6.45) is 0.423. The van der Waals surface area contributed by atoms with Crippen molar-refractivity contribution in [2.45, 2.75) is 13.3 Å². The van der Waals surface area contributed by atoms with Gasteiger partial charge >= 0.3 is 0 Å². The maximum atomic E-state index is 12.4. The largest absolute Gasteiger partial charge is 0.383 e. The molecule has 140 valence electrons. The molecule has 1 N–H and O–H groups in total. The fourth-order valence-electron chi connectivity index (χ4n) is 2.68. The van der Waals surface area contributed by atoms with E-state index in [0.29, 0.717) is 52.3 Å². The van der Waals surface area contributed by atoms with Crippen molar-refractivity contribution < 1.29 is 14.3 Å². The quantitative estimate of drug-likeness (QED) is 0.724. The molecule has 0 saturated carbocycles. The summed E-state index contributed by atoms with van der Waals surface area (Å²) in [6.45, 7) is 6.02. The van der Waals surface area contributed by atoms with Gasteiger partial charge in [0.05, 0.1) is 19.6 Å². The molecule has 0 unspecified atom stereocenters. The first-order valence-corrected chi connectivity index (χ1v) is 8.41. The molecule has 0 spiro atoms. The Morgan fingerprint density at radius 2 is 1.60 bits per heavy atom. The summed E-state index contributed by atoms with van der Waals surface area (Å²) in [4.78, 5) is 28.1. The fraction of sp³-hybridized carbons (Fsp3) is 0.556. The molecule has 0 aliphatic carbocycles. The standard InChI is InChI=1S/C18H27N3O3.ClH/c1-15-3-5-16(6-4-15)13-17(22)20-8-10-21(11-9-20)18(23)14-19-7-12-24-2;/h3-6,19H,7-14H2,1-2H3;1H. The first-order valence-electron chi connectivity index (χ1n) is 8.41. The Kier molecular flexibility index (Phi) is 9.49. The van der Waals surface area contributed by atoms with E-state index in [0.717, 1.165) is 5.56 Å². The fourth-order valence-corrected chi connectivity index (χ4v) is 2.68. The van der Waals surface area contributed by atoms with Gasteiger partial charge in [0.25, 0.3) is 0 Å². The molecular weight excluding hydrogens is 342 g/mol. The van der Waals surface area contributed by atoms with Crippen molar-refractivity contribution in [1.82, 2.24) is 15.1 Å². The Balaban J connectivity index is 0.00000312. The van der Waals surface area contributed by atoms with Gasteiger partial charge in [-0.1, -0.05) is 29.8 Å². The van der Waals surface area contributed by atoms with Crippen LogP contribution in [0, 0.1) is 6.92 Å². The number of methoxy groups -OCH3 is 1. The third-order valence-electron chi connectivity index (χ3n) is 4.22. The Morgan fingerprint density at radius 3 is 2.16 bits per heavy atom. The molecular formula is C18H28ClN3O3. The number of carbonyl (C=O) groups is 2. The van der Waals surface area contributed by atoms with Crippen LogP contribution in [0.3, 0.4) is 0 Å². The van der Waals surface area contributed by atoms with Crippen LogP contribution in [0.4, 0.5) is 0 Å². The maximum Gasteiger partial charge on any atom is 0.236 e. The van der Waals surface area contributed by atoms with Crippen molar-refractivity contribution in [3.05, 3.63) is 35.4 Å². The monoisotopic (exact) mass is 369 g/mol. The van der Waals surface area contributed by atoms with Gasteiger partial charge in [-0.05, 0) is 12.5 Å². The van der Waals surface area contributed by atoms with E-state index in [4.69, 9.17) is 4.74 Å². The van der Waals surface area contributed by atoms with Gasteiger partial charge in [-0.3, -0.25) is 9.59 Å². The van der Waals surface area contributed by atoms with Gasteiger partial charge in [-0.2, -0.15) is 0 Å².